The van der Waals surface area contributed by atoms with E-state index in [1.165, 1.54) is 30.6 Å². The van der Waals surface area contributed by atoms with Gasteiger partial charge in [0.2, 0.25) is 0 Å². The molecule has 0 bridgehead atoms. The van der Waals surface area contributed by atoms with Crippen molar-refractivity contribution in [3.05, 3.63) is 0 Å². The predicted molar refractivity (Wildman–Crippen MR) is 77.3 cm³/mol. The van der Waals surface area contributed by atoms with E-state index in [0.717, 1.165) is 12.8 Å². The van der Waals surface area contributed by atoms with Gasteiger partial charge in [0.1, 0.15) is 6.10 Å². The summed E-state index contributed by atoms with van der Waals surface area (Å²) in [7, 11) is 2.96. The Bertz CT molecular complexity index is 312. The van der Waals surface area contributed by atoms with Crippen LogP contribution in [0.15, 0.2) is 0 Å². The second kappa shape index (κ2) is 7.17. The number of aliphatic hydroxyl groups excluding tert-OH is 1. The van der Waals surface area contributed by atoms with E-state index < -0.39 is 18.4 Å². The lowest BCUT2D eigenvalue weighted by Gasteiger charge is -2.22. The molecule has 1 N–H and O–H groups in total. The van der Waals surface area contributed by atoms with E-state index in [9.17, 15) is 9.90 Å². The third-order valence-corrected chi connectivity index (χ3v) is 6.66. The number of thioether (sulfide) groups is 2. The molecule has 3 atom stereocenters. The molecule has 0 radical (unpaired) electrons. The Labute approximate surface area is 122 Å². The maximum Gasteiger partial charge on any atom is 0.256 e. The quantitative estimate of drug-likeness (QED) is 0.782. The van der Waals surface area contributed by atoms with Gasteiger partial charge < -0.3 is 19.5 Å². The Morgan fingerprint density at radius 2 is 2.00 bits per heavy atom. The van der Waals surface area contributed by atoms with Gasteiger partial charge in [0.15, 0.2) is 12.3 Å². The highest BCUT2D eigenvalue weighted by atomic mass is 32.2. The number of hydrogen-bond donors (Lipinski definition) is 1. The van der Waals surface area contributed by atoms with Crippen LogP contribution in [0.1, 0.15) is 12.8 Å². The zero-order chi connectivity index (χ0) is 13.8. The SMILES string of the molecule is CO[C@H]1C(=O)N(CCCC2SCCS2)C(O)[C@@H]1OC. The molecule has 0 aromatic heterocycles. The fourth-order valence-electron chi connectivity index (χ4n) is 2.49. The Kier molecular flexibility index (Phi) is 5.83. The molecular formula is C12H21NO4S2. The highest BCUT2D eigenvalue weighted by molar-refractivity contribution is 8.20. The Morgan fingerprint density at radius 1 is 1.32 bits per heavy atom. The van der Waals surface area contributed by atoms with E-state index in [-0.39, 0.29) is 5.91 Å². The molecule has 0 aromatic carbocycles. The van der Waals surface area contributed by atoms with Crippen LogP contribution in [0.2, 0.25) is 0 Å². The van der Waals surface area contributed by atoms with Crippen LogP contribution >= 0.6 is 23.5 Å². The van der Waals surface area contributed by atoms with Crippen LogP contribution in [-0.4, -0.2) is 71.2 Å². The van der Waals surface area contributed by atoms with Crippen molar-refractivity contribution in [2.24, 2.45) is 0 Å². The van der Waals surface area contributed by atoms with Crippen LogP contribution in [0.25, 0.3) is 0 Å². The van der Waals surface area contributed by atoms with Crippen LogP contribution in [0.3, 0.4) is 0 Å². The van der Waals surface area contributed by atoms with Crippen molar-refractivity contribution in [1.29, 1.82) is 0 Å². The maximum absolute atomic E-state index is 12.1. The summed E-state index contributed by atoms with van der Waals surface area (Å²) in [5.74, 6) is 2.27. The molecule has 5 nitrogen and oxygen atoms in total. The number of methoxy groups -OCH3 is 2. The number of likely N-dealkylation sites (tertiary alicyclic amines) is 1. The van der Waals surface area contributed by atoms with Gasteiger partial charge in [-0.25, -0.2) is 0 Å². The summed E-state index contributed by atoms with van der Waals surface area (Å²) >= 11 is 3.97. The van der Waals surface area contributed by atoms with Crippen molar-refractivity contribution >= 4 is 29.4 Å². The van der Waals surface area contributed by atoms with E-state index in [1.54, 1.807) is 0 Å². The zero-order valence-corrected chi connectivity index (χ0v) is 12.9. The highest BCUT2D eigenvalue weighted by Gasteiger charge is 2.47. The van der Waals surface area contributed by atoms with Gasteiger partial charge in [-0.1, -0.05) is 0 Å². The highest BCUT2D eigenvalue weighted by Crippen LogP contribution is 2.35. The Hall–Kier alpha value is 0.0500. The minimum Gasteiger partial charge on any atom is -0.373 e. The lowest BCUT2D eigenvalue weighted by atomic mass is 10.2. The van der Waals surface area contributed by atoms with Crippen molar-refractivity contribution in [3.8, 4) is 0 Å². The average molecular weight is 307 g/mol. The van der Waals surface area contributed by atoms with Gasteiger partial charge in [0.05, 0.1) is 4.58 Å². The fourth-order valence-corrected chi connectivity index (χ4v) is 5.42. The topological polar surface area (TPSA) is 59.0 Å². The number of carbonyl (C=O) groups is 1. The average Bonchev–Trinajstić information content (AvgIpc) is 2.99. The molecule has 2 fully saturated rings. The normalized spacial score (nSPS) is 32.5. The summed E-state index contributed by atoms with van der Waals surface area (Å²) in [6, 6.07) is 0. The molecule has 2 rings (SSSR count). The van der Waals surface area contributed by atoms with Crippen LogP contribution < -0.4 is 0 Å². The van der Waals surface area contributed by atoms with Gasteiger partial charge in [0.25, 0.3) is 5.91 Å². The van der Waals surface area contributed by atoms with Crippen LogP contribution in [0.4, 0.5) is 0 Å². The molecule has 7 heteroatoms. The van der Waals surface area contributed by atoms with Crippen molar-refractivity contribution in [2.75, 3.05) is 32.3 Å². The third-order valence-electron chi connectivity index (χ3n) is 3.49. The summed E-state index contributed by atoms with van der Waals surface area (Å²) in [6.07, 6.45) is -0.198. The second-order valence-corrected chi connectivity index (χ2v) is 7.53. The number of rotatable bonds is 6. The standard InChI is InChI=1S/C12H21NO4S2/c1-16-9-10(17-2)12(15)13(11(9)14)5-3-4-8-18-6-7-19-8/h8-11,14H,3-7H2,1-2H3/t9-,10-,11?/m1/s1. The monoisotopic (exact) mass is 307 g/mol. The third kappa shape index (κ3) is 3.39. The first-order chi connectivity index (χ1) is 9.19. The molecule has 110 valence electrons. The molecule has 0 aromatic rings. The van der Waals surface area contributed by atoms with E-state index in [4.69, 9.17) is 9.47 Å². The van der Waals surface area contributed by atoms with Gasteiger partial charge in [-0.15, -0.1) is 23.5 Å². The van der Waals surface area contributed by atoms with Crippen molar-refractivity contribution < 1.29 is 19.4 Å². The number of aliphatic hydroxyl groups is 1. The molecule has 2 aliphatic heterocycles. The molecule has 2 heterocycles. The number of amides is 1. The smallest absolute Gasteiger partial charge is 0.256 e. The van der Waals surface area contributed by atoms with Gasteiger partial charge in [-0.2, -0.15) is 0 Å². The van der Waals surface area contributed by atoms with Crippen molar-refractivity contribution in [3.63, 3.8) is 0 Å². The summed E-state index contributed by atoms with van der Waals surface area (Å²) in [4.78, 5) is 13.6. The van der Waals surface area contributed by atoms with Crippen LogP contribution in [-0.2, 0) is 14.3 Å². The molecule has 2 saturated heterocycles. The van der Waals surface area contributed by atoms with E-state index >= 15 is 0 Å². The van der Waals surface area contributed by atoms with Crippen molar-refractivity contribution in [1.82, 2.24) is 4.90 Å². The summed E-state index contributed by atoms with van der Waals surface area (Å²) < 4.78 is 10.9. The molecule has 19 heavy (non-hydrogen) atoms. The molecule has 0 aliphatic carbocycles. The van der Waals surface area contributed by atoms with E-state index in [1.807, 2.05) is 23.5 Å². The van der Waals surface area contributed by atoms with E-state index in [2.05, 4.69) is 0 Å². The number of carbonyl (C=O) groups excluding carboxylic acids is 1. The minimum absolute atomic E-state index is 0.173. The maximum atomic E-state index is 12.1. The van der Waals surface area contributed by atoms with Gasteiger partial charge >= 0.3 is 0 Å². The summed E-state index contributed by atoms with van der Waals surface area (Å²) in [5, 5.41) is 10.1. The van der Waals surface area contributed by atoms with Gasteiger partial charge in [0, 0.05) is 32.3 Å². The lowest BCUT2D eigenvalue weighted by molar-refractivity contribution is -0.139. The predicted octanol–water partition coefficient (Wildman–Crippen LogP) is 0.763. The van der Waals surface area contributed by atoms with Crippen LogP contribution in [0, 0.1) is 0 Å². The minimum atomic E-state index is -0.897. The molecular weight excluding hydrogens is 286 g/mol. The van der Waals surface area contributed by atoms with Gasteiger partial charge in [-0.3, -0.25) is 4.79 Å². The van der Waals surface area contributed by atoms with Gasteiger partial charge in [-0.05, 0) is 12.8 Å². The first-order valence-corrected chi connectivity index (χ1v) is 8.56. The number of ether oxygens (including phenoxy) is 2. The fraction of sp³-hybridized carbons (Fsp3) is 0.917. The molecule has 2 aliphatic rings. The zero-order valence-electron chi connectivity index (χ0n) is 11.3. The first kappa shape index (κ1) is 15.4. The summed E-state index contributed by atoms with van der Waals surface area (Å²) in [5.41, 5.74) is 0. The largest absolute Gasteiger partial charge is 0.373 e. The molecule has 1 amide bonds. The number of hydrogen-bond acceptors (Lipinski definition) is 6. The lowest BCUT2D eigenvalue weighted by Crippen LogP contribution is -2.38. The number of nitrogens with zero attached hydrogens (tertiary/aromatic N) is 1. The van der Waals surface area contributed by atoms with Crippen LogP contribution in [0.5, 0.6) is 0 Å². The summed E-state index contributed by atoms with van der Waals surface area (Å²) in [6.45, 7) is 0.567. The van der Waals surface area contributed by atoms with Crippen molar-refractivity contribution in [2.45, 2.75) is 35.9 Å². The Morgan fingerprint density at radius 3 is 2.53 bits per heavy atom. The molecule has 0 spiro atoms. The molecule has 0 saturated carbocycles. The Balaban J connectivity index is 1.83. The first-order valence-electron chi connectivity index (χ1n) is 6.46. The second-order valence-electron chi connectivity index (χ2n) is 4.62. The molecule has 1 unspecified atom stereocenters. The van der Waals surface area contributed by atoms with E-state index in [0.29, 0.717) is 11.1 Å².